The van der Waals surface area contributed by atoms with E-state index in [0.717, 1.165) is 45.8 Å². The first-order valence-electron chi connectivity index (χ1n) is 10.6. The van der Waals surface area contributed by atoms with E-state index in [-0.39, 0.29) is 17.5 Å². The molecule has 174 valence electrons. The molecule has 2 amide bonds. The molecule has 10 heteroatoms. The molecule has 0 saturated carbocycles. The van der Waals surface area contributed by atoms with Crippen molar-refractivity contribution in [2.45, 2.75) is 38.5 Å². The summed E-state index contributed by atoms with van der Waals surface area (Å²) in [7, 11) is 0. The van der Waals surface area contributed by atoms with Gasteiger partial charge in [-0.05, 0) is 42.2 Å². The van der Waals surface area contributed by atoms with Crippen LogP contribution in [0.3, 0.4) is 0 Å². The molecule has 3 aromatic rings. The largest absolute Gasteiger partial charge is 0.361 e. The van der Waals surface area contributed by atoms with Gasteiger partial charge in [0.1, 0.15) is 0 Å². The van der Waals surface area contributed by atoms with E-state index in [9.17, 15) is 19.7 Å². The monoisotopic (exact) mass is 516 g/mol. The molecule has 0 saturated heterocycles. The first-order valence-corrected chi connectivity index (χ1v) is 11.4. The molecule has 0 aliphatic rings. The Kier molecular flexibility index (Phi) is 8.56. The van der Waals surface area contributed by atoms with Crippen molar-refractivity contribution in [1.29, 1.82) is 0 Å². The number of rotatable bonds is 11. The van der Waals surface area contributed by atoms with Crippen LogP contribution in [0.4, 0.5) is 5.69 Å². The number of hydrogen-bond acceptors (Lipinski definition) is 5. The van der Waals surface area contributed by atoms with Gasteiger partial charge in [0.15, 0.2) is 0 Å². The van der Waals surface area contributed by atoms with Crippen LogP contribution in [0.15, 0.2) is 47.1 Å². The van der Waals surface area contributed by atoms with Gasteiger partial charge in [-0.3, -0.25) is 24.9 Å². The number of fused-ring (bicyclic) bond motifs is 1. The number of benzene rings is 2. The standard InChI is InChI=1S/C23H25BrN4O5/c24-20-12-16(23(30)25-10-4-2-1-3-5-22(29)27-31)7-6-15(20)11-17-14-26-21-9-8-18(28(32)33)13-19(17)21/h6-9,12-14,26,31H,1-5,10-11H2,(H,25,30)(H,27,29). The highest BCUT2D eigenvalue weighted by Gasteiger charge is 2.13. The van der Waals surface area contributed by atoms with Crippen LogP contribution < -0.4 is 10.8 Å². The molecule has 0 bridgehead atoms. The number of carbonyl (C=O) groups is 2. The van der Waals surface area contributed by atoms with Gasteiger partial charge >= 0.3 is 0 Å². The van der Waals surface area contributed by atoms with Gasteiger partial charge in [0.25, 0.3) is 11.6 Å². The molecule has 0 spiro atoms. The van der Waals surface area contributed by atoms with Crippen molar-refractivity contribution >= 4 is 44.3 Å². The summed E-state index contributed by atoms with van der Waals surface area (Å²) in [6.45, 7) is 0.540. The molecule has 0 aliphatic heterocycles. The van der Waals surface area contributed by atoms with E-state index < -0.39 is 4.92 Å². The molecule has 4 N–H and O–H groups in total. The Morgan fingerprint density at radius 3 is 2.58 bits per heavy atom. The van der Waals surface area contributed by atoms with Gasteiger partial charge in [-0.1, -0.05) is 34.8 Å². The predicted octanol–water partition coefficient (Wildman–Crippen LogP) is 4.62. The van der Waals surface area contributed by atoms with Gasteiger partial charge in [-0.15, -0.1) is 0 Å². The zero-order valence-corrected chi connectivity index (χ0v) is 19.5. The van der Waals surface area contributed by atoms with Crippen LogP contribution >= 0.6 is 15.9 Å². The number of hydrogen-bond donors (Lipinski definition) is 4. The van der Waals surface area contributed by atoms with Gasteiger partial charge in [-0.2, -0.15) is 0 Å². The molecule has 33 heavy (non-hydrogen) atoms. The number of halogens is 1. The van der Waals surface area contributed by atoms with Crippen molar-refractivity contribution in [2.75, 3.05) is 6.54 Å². The molecule has 3 rings (SSSR count). The summed E-state index contributed by atoms with van der Waals surface area (Å²) in [5, 5.41) is 23.2. The summed E-state index contributed by atoms with van der Waals surface area (Å²) < 4.78 is 0.789. The number of carbonyl (C=O) groups excluding carboxylic acids is 2. The normalized spacial score (nSPS) is 10.8. The van der Waals surface area contributed by atoms with E-state index >= 15 is 0 Å². The Labute approximate surface area is 198 Å². The highest BCUT2D eigenvalue weighted by Crippen LogP contribution is 2.28. The van der Waals surface area contributed by atoms with Crippen molar-refractivity contribution in [1.82, 2.24) is 15.8 Å². The SMILES string of the molecule is O=C(CCCCCCNC(=O)c1ccc(Cc2c[nH]c3ccc([N+](=O)[O-])cc23)c(Br)c1)NO. The number of aromatic amines is 1. The molecule has 2 aromatic carbocycles. The van der Waals surface area contributed by atoms with E-state index in [1.54, 1.807) is 29.7 Å². The second kappa shape index (κ2) is 11.6. The fourth-order valence-corrected chi connectivity index (χ4v) is 4.11. The third-order valence-corrected chi connectivity index (χ3v) is 6.14. The van der Waals surface area contributed by atoms with Crippen molar-refractivity contribution in [3.8, 4) is 0 Å². The van der Waals surface area contributed by atoms with Crippen LogP contribution in [0.1, 0.15) is 53.6 Å². The first-order chi connectivity index (χ1) is 15.9. The number of non-ortho nitro benzene ring substituents is 1. The Morgan fingerprint density at radius 1 is 1.06 bits per heavy atom. The van der Waals surface area contributed by atoms with Crippen molar-refractivity contribution in [2.24, 2.45) is 0 Å². The Morgan fingerprint density at radius 2 is 1.85 bits per heavy atom. The number of nitro benzene ring substituents is 1. The van der Waals surface area contributed by atoms with Crippen molar-refractivity contribution in [3.05, 3.63) is 73.9 Å². The summed E-state index contributed by atoms with van der Waals surface area (Å²) in [6.07, 6.45) is 5.91. The smallest absolute Gasteiger partial charge is 0.270 e. The van der Waals surface area contributed by atoms with Crippen LogP contribution in [0.5, 0.6) is 0 Å². The molecule has 0 atom stereocenters. The second-order valence-corrected chi connectivity index (χ2v) is 8.59. The van der Waals surface area contributed by atoms with E-state index in [2.05, 4.69) is 26.2 Å². The topological polar surface area (TPSA) is 137 Å². The van der Waals surface area contributed by atoms with Gasteiger partial charge in [0.05, 0.1) is 4.92 Å². The van der Waals surface area contributed by atoms with Crippen LogP contribution in [-0.4, -0.2) is 33.5 Å². The number of nitrogens with one attached hydrogen (secondary N) is 3. The maximum absolute atomic E-state index is 12.4. The number of H-pyrrole nitrogens is 1. The molecule has 1 aromatic heterocycles. The molecular weight excluding hydrogens is 492 g/mol. The number of aromatic nitrogens is 1. The third-order valence-electron chi connectivity index (χ3n) is 5.40. The summed E-state index contributed by atoms with van der Waals surface area (Å²) >= 11 is 3.54. The molecular formula is C23H25BrN4O5. The highest BCUT2D eigenvalue weighted by atomic mass is 79.9. The van der Waals surface area contributed by atoms with Gasteiger partial charge < -0.3 is 10.3 Å². The predicted molar refractivity (Wildman–Crippen MR) is 127 cm³/mol. The van der Waals surface area contributed by atoms with E-state index in [4.69, 9.17) is 5.21 Å². The van der Waals surface area contributed by atoms with Crippen LogP contribution in [0, 0.1) is 10.1 Å². The average molecular weight is 517 g/mol. The lowest BCUT2D eigenvalue weighted by atomic mass is 10.0. The maximum Gasteiger partial charge on any atom is 0.270 e. The maximum atomic E-state index is 12.4. The third kappa shape index (κ3) is 6.62. The molecule has 0 aliphatic carbocycles. The van der Waals surface area contributed by atoms with Crippen LogP contribution in [-0.2, 0) is 11.2 Å². The number of hydroxylamine groups is 1. The van der Waals surface area contributed by atoms with Gasteiger partial charge in [-0.25, -0.2) is 5.48 Å². The fraction of sp³-hybridized carbons (Fsp3) is 0.304. The lowest BCUT2D eigenvalue weighted by Crippen LogP contribution is -2.24. The molecule has 1 heterocycles. The van der Waals surface area contributed by atoms with E-state index in [1.807, 2.05) is 12.3 Å². The summed E-state index contributed by atoms with van der Waals surface area (Å²) in [6, 6.07) is 10.2. The first kappa shape index (κ1) is 24.4. The summed E-state index contributed by atoms with van der Waals surface area (Å²) in [5.41, 5.74) is 4.93. The van der Waals surface area contributed by atoms with Gasteiger partial charge in [0.2, 0.25) is 5.91 Å². The summed E-state index contributed by atoms with van der Waals surface area (Å²) in [4.78, 5) is 37.2. The number of amides is 2. The second-order valence-electron chi connectivity index (χ2n) is 7.74. The minimum atomic E-state index is -0.407. The number of unbranched alkanes of at least 4 members (excludes halogenated alkanes) is 3. The number of nitrogens with zero attached hydrogens (tertiary/aromatic N) is 1. The van der Waals surface area contributed by atoms with Crippen LogP contribution in [0.25, 0.3) is 10.9 Å². The zero-order chi connectivity index (χ0) is 23.8. The minimum absolute atomic E-state index is 0.0464. The lowest BCUT2D eigenvalue weighted by molar-refractivity contribution is -0.384. The van der Waals surface area contributed by atoms with Crippen LogP contribution in [0.2, 0.25) is 0 Å². The zero-order valence-electron chi connectivity index (χ0n) is 17.9. The quantitative estimate of drug-likeness (QED) is 0.127. The molecule has 0 radical (unpaired) electrons. The Balaban J connectivity index is 1.54. The lowest BCUT2D eigenvalue weighted by Gasteiger charge is -2.09. The molecule has 0 fully saturated rings. The summed E-state index contributed by atoms with van der Waals surface area (Å²) in [5.74, 6) is -0.548. The Bertz CT molecular complexity index is 1160. The minimum Gasteiger partial charge on any atom is -0.361 e. The van der Waals surface area contributed by atoms with E-state index in [0.29, 0.717) is 31.4 Å². The Hall–Kier alpha value is -3.24. The van der Waals surface area contributed by atoms with Crippen molar-refractivity contribution in [3.63, 3.8) is 0 Å². The fourth-order valence-electron chi connectivity index (χ4n) is 3.59. The van der Waals surface area contributed by atoms with E-state index in [1.165, 1.54) is 6.07 Å². The highest BCUT2D eigenvalue weighted by molar-refractivity contribution is 9.10. The van der Waals surface area contributed by atoms with Crippen molar-refractivity contribution < 1.29 is 19.7 Å². The molecule has 0 unspecified atom stereocenters. The average Bonchev–Trinajstić information content (AvgIpc) is 3.21. The number of nitro groups is 1. The van der Waals surface area contributed by atoms with Gasteiger partial charge in [0, 0.05) is 58.7 Å². The molecule has 9 nitrogen and oxygen atoms in total.